The molecule has 0 unspecified atom stereocenters. The summed E-state index contributed by atoms with van der Waals surface area (Å²) >= 11 is 0. The fourth-order valence-corrected chi connectivity index (χ4v) is 2.47. The van der Waals surface area contributed by atoms with E-state index in [0.717, 1.165) is 0 Å². The van der Waals surface area contributed by atoms with Gasteiger partial charge in [0.25, 0.3) is 0 Å². The van der Waals surface area contributed by atoms with E-state index >= 15 is 0 Å². The van der Waals surface area contributed by atoms with Crippen molar-refractivity contribution < 1.29 is 9.47 Å². The predicted molar refractivity (Wildman–Crippen MR) is 41.7 cm³/mol. The minimum atomic E-state index is 0.246. The molecule has 0 N–H and O–H groups in total. The second-order valence-corrected chi connectivity index (χ2v) is 3.67. The van der Waals surface area contributed by atoms with Gasteiger partial charge in [0.1, 0.15) is 24.4 Å². The van der Waals surface area contributed by atoms with E-state index in [1.807, 2.05) is 0 Å². The van der Waals surface area contributed by atoms with Crippen molar-refractivity contribution >= 4 is 0 Å². The number of benzene rings is 1. The molecule has 4 atom stereocenters. The molecule has 3 aliphatic rings. The van der Waals surface area contributed by atoms with Crippen LogP contribution in [0.5, 0.6) is 0 Å². The molecule has 0 radical (unpaired) electrons. The summed E-state index contributed by atoms with van der Waals surface area (Å²) in [6.45, 7) is 0. The molecule has 0 saturated carbocycles. The van der Waals surface area contributed by atoms with E-state index in [1.165, 1.54) is 11.1 Å². The number of rotatable bonds is 0. The number of fused-ring (bicyclic) bond motifs is 8. The van der Waals surface area contributed by atoms with Crippen molar-refractivity contribution in [2.75, 3.05) is 0 Å². The Bertz CT molecular complexity index is 328. The second kappa shape index (κ2) is 1.58. The van der Waals surface area contributed by atoms with Crippen LogP contribution in [0, 0.1) is 0 Å². The monoisotopic (exact) mass is 160 g/mol. The summed E-state index contributed by atoms with van der Waals surface area (Å²) in [7, 11) is 0. The average Bonchev–Trinajstić information content (AvgIpc) is 2.74. The van der Waals surface area contributed by atoms with Crippen molar-refractivity contribution in [3.05, 3.63) is 35.4 Å². The molecule has 0 amide bonds. The first kappa shape index (κ1) is 5.73. The molecule has 0 aromatic heterocycles. The Hall–Kier alpha value is -0.860. The van der Waals surface area contributed by atoms with Gasteiger partial charge in [-0.2, -0.15) is 0 Å². The van der Waals surface area contributed by atoms with Crippen LogP contribution in [0.15, 0.2) is 24.3 Å². The molecule has 1 aromatic carbocycles. The smallest absolute Gasteiger partial charge is 0.118 e. The van der Waals surface area contributed by atoms with Crippen molar-refractivity contribution in [1.29, 1.82) is 0 Å². The Morgan fingerprint density at radius 2 is 1.42 bits per heavy atom. The van der Waals surface area contributed by atoms with Gasteiger partial charge in [0.15, 0.2) is 0 Å². The third-order valence-electron chi connectivity index (χ3n) is 3.06. The van der Waals surface area contributed by atoms with E-state index in [4.69, 9.17) is 9.47 Å². The van der Waals surface area contributed by atoms with Crippen LogP contribution in [0.1, 0.15) is 23.3 Å². The third-order valence-corrected chi connectivity index (χ3v) is 3.06. The van der Waals surface area contributed by atoms with Crippen molar-refractivity contribution in [1.82, 2.24) is 0 Å². The van der Waals surface area contributed by atoms with Crippen LogP contribution in [0.3, 0.4) is 0 Å². The summed E-state index contributed by atoms with van der Waals surface area (Å²) in [6, 6.07) is 8.44. The van der Waals surface area contributed by atoms with Crippen LogP contribution in [-0.4, -0.2) is 12.2 Å². The molecule has 2 nitrogen and oxygen atoms in total. The number of epoxide rings is 1. The van der Waals surface area contributed by atoms with Gasteiger partial charge in [-0.3, -0.25) is 0 Å². The summed E-state index contributed by atoms with van der Waals surface area (Å²) in [5.41, 5.74) is 2.70. The van der Waals surface area contributed by atoms with Gasteiger partial charge in [-0.1, -0.05) is 24.3 Å². The normalized spacial score (nSPS) is 45.7. The maximum atomic E-state index is 5.78. The van der Waals surface area contributed by atoms with Crippen molar-refractivity contribution in [3.8, 4) is 0 Å². The molecule has 0 aliphatic carbocycles. The highest BCUT2D eigenvalue weighted by molar-refractivity contribution is 5.42. The molecule has 0 spiro atoms. The quantitative estimate of drug-likeness (QED) is 0.537. The first-order chi connectivity index (χ1) is 5.95. The molecule has 2 fully saturated rings. The Labute approximate surface area is 70.1 Å². The maximum Gasteiger partial charge on any atom is 0.118 e. The van der Waals surface area contributed by atoms with Crippen molar-refractivity contribution in [2.24, 2.45) is 0 Å². The fraction of sp³-hybridized carbons (Fsp3) is 0.400. The van der Waals surface area contributed by atoms with Gasteiger partial charge in [0.05, 0.1) is 0 Å². The van der Waals surface area contributed by atoms with Gasteiger partial charge >= 0.3 is 0 Å². The highest BCUT2D eigenvalue weighted by Gasteiger charge is 2.63. The van der Waals surface area contributed by atoms with E-state index in [-0.39, 0.29) is 12.2 Å². The van der Waals surface area contributed by atoms with Crippen LogP contribution in [0.25, 0.3) is 0 Å². The van der Waals surface area contributed by atoms with E-state index in [1.54, 1.807) is 0 Å². The molecule has 2 bridgehead atoms. The average molecular weight is 160 g/mol. The molecule has 3 heterocycles. The number of ether oxygens (including phenoxy) is 2. The number of hydrogen-bond donors (Lipinski definition) is 0. The third kappa shape index (κ3) is 0.464. The maximum absolute atomic E-state index is 5.78. The first-order valence-corrected chi connectivity index (χ1v) is 4.35. The Kier molecular flexibility index (Phi) is 0.755. The van der Waals surface area contributed by atoms with E-state index in [2.05, 4.69) is 24.3 Å². The SMILES string of the molecule is c1ccc2c(c1)[C@H]1O[C@@H]2[C@@H]2O[C@@H]21. The minimum Gasteiger partial charge on any atom is -0.363 e. The summed E-state index contributed by atoms with van der Waals surface area (Å²) in [6.07, 6.45) is 1.25. The van der Waals surface area contributed by atoms with E-state index < -0.39 is 0 Å². The highest BCUT2D eigenvalue weighted by atomic mass is 16.7. The lowest BCUT2D eigenvalue weighted by Gasteiger charge is -2.05. The predicted octanol–water partition coefficient (Wildman–Crippen LogP) is 1.58. The zero-order chi connectivity index (χ0) is 7.71. The summed E-state index contributed by atoms with van der Waals surface area (Å²) < 4.78 is 11.3. The highest BCUT2D eigenvalue weighted by Crippen LogP contribution is 2.60. The molecule has 1 aromatic rings. The zero-order valence-electron chi connectivity index (χ0n) is 6.44. The van der Waals surface area contributed by atoms with Gasteiger partial charge in [-0.25, -0.2) is 0 Å². The minimum absolute atomic E-state index is 0.246. The Morgan fingerprint density at radius 3 is 2.00 bits per heavy atom. The lowest BCUT2D eigenvalue weighted by atomic mass is 9.92. The van der Waals surface area contributed by atoms with E-state index in [0.29, 0.717) is 12.2 Å². The van der Waals surface area contributed by atoms with Gasteiger partial charge in [-0.05, 0) is 11.1 Å². The topological polar surface area (TPSA) is 21.8 Å². The largest absolute Gasteiger partial charge is 0.363 e. The van der Waals surface area contributed by atoms with E-state index in [9.17, 15) is 0 Å². The zero-order valence-corrected chi connectivity index (χ0v) is 6.44. The standard InChI is InChI=1S/C10H8O2/c1-2-4-6-5(3-1)7-9-10(12-9)8(6)11-7/h1-4,7-10H/t7-,8+,9-,10+. The second-order valence-electron chi connectivity index (χ2n) is 3.67. The van der Waals surface area contributed by atoms with Gasteiger partial charge in [-0.15, -0.1) is 0 Å². The summed E-state index contributed by atoms with van der Waals surface area (Å²) in [4.78, 5) is 0. The Balaban J connectivity index is 2.01. The first-order valence-electron chi connectivity index (χ1n) is 4.35. The lowest BCUT2D eigenvalue weighted by Crippen LogP contribution is -2.06. The summed E-state index contributed by atoms with van der Waals surface area (Å²) in [5, 5.41) is 0. The fourth-order valence-electron chi connectivity index (χ4n) is 2.47. The molecule has 60 valence electrons. The van der Waals surface area contributed by atoms with Crippen LogP contribution in [0.2, 0.25) is 0 Å². The summed E-state index contributed by atoms with van der Waals surface area (Å²) in [5.74, 6) is 0. The molecule has 12 heavy (non-hydrogen) atoms. The van der Waals surface area contributed by atoms with Crippen LogP contribution < -0.4 is 0 Å². The lowest BCUT2D eigenvalue weighted by molar-refractivity contribution is -0.00903. The molecule has 3 aliphatic heterocycles. The van der Waals surface area contributed by atoms with Gasteiger partial charge < -0.3 is 9.47 Å². The molecule has 2 saturated heterocycles. The molecule has 2 heteroatoms. The molecular formula is C10H8O2. The van der Waals surface area contributed by atoms with Crippen molar-refractivity contribution in [2.45, 2.75) is 24.4 Å². The van der Waals surface area contributed by atoms with Gasteiger partial charge in [0, 0.05) is 0 Å². The molecule has 4 rings (SSSR count). The molecular weight excluding hydrogens is 152 g/mol. The number of hydrogen-bond acceptors (Lipinski definition) is 2. The van der Waals surface area contributed by atoms with Crippen LogP contribution >= 0.6 is 0 Å². The van der Waals surface area contributed by atoms with Crippen LogP contribution in [-0.2, 0) is 9.47 Å². The van der Waals surface area contributed by atoms with Crippen LogP contribution in [0.4, 0.5) is 0 Å². The van der Waals surface area contributed by atoms with Crippen molar-refractivity contribution in [3.63, 3.8) is 0 Å². The Morgan fingerprint density at radius 1 is 0.833 bits per heavy atom. The van der Waals surface area contributed by atoms with Gasteiger partial charge in [0.2, 0.25) is 0 Å².